The van der Waals surface area contributed by atoms with Gasteiger partial charge in [-0.1, -0.05) is 23.4 Å². The van der Waals surface area contributed by atoms with Crippen molar-refractivity contribution in [2.24, 2.45) is 0 Å². The van der Waals surface area contributed by atoms with Crippen LogP contribution in [0.4, 0.5) is 5.69 Å². The van der Waals surface area contributed by atoms with Crippen LogP contribution in [0.1, 0.15) is 6.92 Å². The van der Waals surface area contributed by atoms with Crippen LogP contribution in [-0.2, 0) is 4.79 Å². The predicted molar refractivity (Wildman–Crippen MR) is 99.5 cm³/mol. The number of ether oxygens (including phenoxy) is 1. The number of rotatable bonds is 7. The van der Waals surface area contributed by atoms with Gasteiger partial charge in [0.1, 0.15) is 5.75 Å². The molecule has 0 aliphatic carbocycles. The van der Waals surface area contributed by atoms with Crippen LogP contribution in [0.15, 0.2) is 52.2 Å². The average molecular weight is 391 g/mol. The van der Waals surface area contributed by atoms with Gasteiger partial charge in [-0.25, -0.2) is 4.98 Å². The highest BCUT2D eigenvalue weighted by molar-refractivity contribution is 7.99. The van der Waals surface area contributed by atoms with Crippen molar-refractivity contribution in [3.05, 3.63) is 47.7 Å². The van der Waals surface area contributed by atoms with E-state index in [1.165, 1.54) is 0 Å². The molecule has 0 bridgehead atoms. The van der Waals surface area contributed by atoms with E-state index >= 15 is 0 Å². The Kier molecular flexibility index (Phi) is 6.08. The molecule has 1 amide bonds. The van der Waals surface area contributed by atoms with Gasteiger partial charge in [0.25, 0.3) is 5.22 Å². The smallest absolute Gasteiger partial charge is 0.277 e. The van der Waals surface area contributed by atoms with Crippen LogP contribution in [0.25, 0.3) is 11.5 Å². The van der Waals surface area contributed by atoms with Crippen molar-refractivity contribution in [3.63, 3.8) is 0 Å². The van der Waals surface area contributed by atoms with Gasteiger partial charge < -0.3 is 14.5 Å². The molecule has 26 heavy (non-hydrogen) atoms. The standard InChI is InChI=1S/C17H15ClN4O3S/c1-2-24-12-7-5-11(6-8-12)16-21-22-17(25-16)26-10-14(23)20-13-4-3-9-19-15(13)18/h3-9H,2,10H2,1H3,(H,20,23). The molecule has 9 heteroatoms. The van der Waals surface area contributed by atoms with Gasteiger partial charge in [-0.2, -0.15) is 0 Å². The first kappa shape index (κ1) is 18.2. The average Bonchev–Trinajstić information content (AvgIpc) is 3.12. The van der Waals surface area contributed by atoms with Crippen molar-refractivity contribution in [1.82, 2.24) is 15.2 Å². The molecule has 0 saturated carbocycles. The molecule has 0 aliphatic heterocycles. The molecule has 3 aromatic rings. The number of thioether (sulfide) groups is 1. The zero-order valence-electron chi connectivity index (χ0n) is 13.8. The summed E-state index contributed by atoms with van der Waals surface area (Å²) in [6, 6.07) is 10.7. The molecule has 0 fully saturated rings. The molecule has 134 valence electrons. The summed E-state index contributed by atoms with van der Waals surface area (Å²) in [6.45, 7) is 2.53. The van der Waals surface area contributed by atoms with Crippen LogP contribution < -0.4 is 10.1 Å². The third-order valence-corrected chi connectivity index (χ3v) is 4.30. The van der Waals surface area contributed by atoms with Crippen molar-refractivity contribution in [2.45, 2.75) is 12.1 Å². The maximum atomic E-state index is 12.0. The highest BCUT2D eigenvalue weighted by atomic mass is 35.5. The van der Waals surface area contributed by atoms with Crippen molar-refractivity contribution < 1.29 is 13.9 Å². The molecule has 0 unspecified atom stereocenters. The number of benzene rings is 1. The number of nitrogens with zero attached hydrogens (tertiary/aromatic N) is 3. The number of pyridine rings is 1. The Bertz CT molecular complexity index is 886. The van der Waals surface area contributed by atoms with Gasteiger partial charge in [-0.3, -0.25) is 4.79 Å². The molecule has 7 nitrogen and oxygen atoms in total. The first-order chi connectivity index (χ1) is 12.7. The number of carbonyl (C=O) groups excluding carboxylic acids is 1. The van der Waals surface area contributed by atoms with Crippen LogP contribution in [0.3, 0.4) is 0 Å². The van der Waals surface area contributed by atoms with E-state index in [1.807, 2.05) is 31.2 Å². The Hall–Kier alpha value is -2.58. The number of aromatic nitrogens is 3. The van der Waals surface area contributed by atoms with Crippen molar-refractivity contribution in [2.75, 3.05) is 17.7 Å². The van der Waals surface area contributed by atoms with Crippen LogP contribution in [0.5, 0.6) is 5.75 Å². The fourth-order valence-corrected chi connectivity index (χ4v) is 2.77. The van der Waals surface area contributed by atoms with E-state index in [4.69, 9.17) is 20.8 Å². The molecule has 2 heterocycles. The maximum absolute atomic E-state index is 12.0. The highest BCUT2D eigenvalue weighted by Crippen LogP contribution is 2.25. The third-order valence-electron chi connectivity index (χ3n) is 3.18. The molecule has 3 rings (SSSR count). The SMILES string of the molecule is CCOc1ccc(-c2nnc(SCC(=O)Nc3cccnc3Cl)o2)cc1. The summed E-state index contributed by atoms with van der Waals surface area (Å²) in [4.78, 5) is 15.9. The lowest BCUT2D eigenvalue weighted by molar-refractivity contribution is -0.113. The molecule has 0 aliphatic rings. The fourth-order valence-electron chi connectivity index (χ4n) is 2.04. The van der Waals surface area contributed by atoms with Gasteiger partial charge in [0.15, 0.2) is 5.15 Å². The Morgan fingerprint density at radius 2 is 2.08 bits per heavy atom. The zero-order valence-corrected chi connectivity index (χ0v) is 15.4. The number of carbonyl (C=O) groups is 1. The van der Waals surface area contributed by atoms with Gasteiger partial charge in [0.05, 0.1) is 18.0 Å². The Labute approximate surface area is 159 Å². The first-order valence-corrected chi connectivity index (χ1v) is 9.12. The summed E-state index contributed by atoms with van der Waals surface area (Å²) in [6.07, 6.45) is 1.55. The summed E-state index contributed by atoms with van der Waals surface area (Å²) in [7, 11) is 0. The van der Waals surface area contributed by atoms with Crippen molar-refractivity contribution in [3.8, 4) is 17.2 Å². The molecule has 0 saturated heterocycles. The molecule has 0 spiro atoms. The molecular weight excluding hydrogens is 376 g/mol. The minimum atomic E-state index is -0.245. The quantitative estimate of drug-likeness (QED) is 0.483. The third kappa shape index (κ3) is 4.74. The largest absolute Gasteiger partial charge is 0.494 e. The minimum Gasteiger partial charge on any atom is -0.494 e. The molecular formula is C17H15ClN4O3S. The summed E-state index contributed by atoms with van der Waals surface area (Å²) >= 11 is 7.04. The topological polar surface area (TPSA) is 90.1 Å². The van der Waals surface area contributed by atoms with E-state index in [0.717, 1.165) is 23.1 Å². The van der Waals surface area contributed by atoms with E-state index in [2.05, 4.69) is 20.5 Å². The fraction of sp³-hybridized carbons (Fsp3) is 0.176. The van der Waals surface area contributed by atoms with Crippen LogP contribution in [0, 0.1) is 0 Å². The van der Waals surface area contributed by atoms with Gasteiger partial charge in [0, 0.05) is 11.8 Å². The molecule has 1 N–H and O–H groups in total. The van der Waals surface area contributed by atoms with E-state index in [1.54, 1.807) is 18.3 Å². The van der Waals surface area contributed by atoms with Crippen LogP contribution in [0.2, 0.25) is 5.15 Å². The molecule has 0 atom stereocenters. The van der Waals surface area contributed by atoms with E-state index in [0.29, 0.717) is 23.4 Å². The minimum absolute atomic E-state index is 0.107. The molecule has 1 aromatic carbocycles. The summed E-state index contributed by atoms with van der Waals surface area (Å²) in [5.74, 6) is 1.02. The number of anilines is 1. The first-order valence-electron chi connectivity index (χ1n) is 7.75. The number of hydrogen-bond donors (Lipinski definition) is 1. The summed E-state index contributed by atoms with van der Waals surface area (Å²) in [5, 5.41) is 11.2. The lowest BCUT2D eigenvalue weighted by Gasteiger charge is -2.04. The van der Waals surface area contributed by atoms with Gasteiger partial charge >= 0.3 is 0 Å². The second kappa shape index (κ2) is 8.68. The zero-order chi connectivity index (χ0) is 18.4. The van der Waals surface area contributed by atoms with E-state index in [9.17, 15) is 4.79 Å². The van der Waals surface area contributed by atoms with Gasteiger partial charge in [-0.05, 0) is 43.3 Å². The lowest BCUT2D eigenvalue weighted by Crippen LogP contribution is -2.14. The highest BCUT2D eigenvalue weighted by Gasteiger charge is 2.12. The number of hydrogen-bond acceptors (Lipinski definition) is 7. The Balaban J connectivity index is 1.56. The van der Waals surface area contributed by atoms with Gasteiger partial charge in [-0.15, -0.1) is 10.2 Å². The Morgan fingerprint density at radius 1 is 1.27 bits per heavy atom. The second-order valence-corrected chi connectivity index (χ2v) is 6.29. The van der Waals surface area contributed by atoms with E-state index in [-0.39, 0.29) is 16.8 Å². The number of halogens is 1. The summed E-state index contributed by atoms with van der Waals surface area (Å²) in [5.41, 5.74) is 1.24. The van der Waals surface area contributed by atoms with Gasteiger partial charge in [0.2, 0.25) is 11.8 Å². The number of nitrogens with one attached hydrogen (secondary N) is 1. The number of amides is 1. The molecule has 2 aromatic heterocycles. The molecule has 0 radical (unpaired) electrons. The monoisotopic (exact) mass is 390 g/mol. The Morgan fingerprint density at radius 3 is 2.81 bits per heavy atom. The lowest BCUT2D eigenvalue weighted by atomic mass is 10.2. The predicted octanol–water partition coefficient (Wildman–Crippen LogP) is 3.91. The van der Waals surface area contributed by atoms with Crippen molar-refractivity contribution >= 4 is 35.0 Å². The van der Waals surface area contributed by atoms with Crippen LogP contribution >= 0.6 is 23.4 Å². The maximum Gasteiger partial charge on any atom is 0.277 e. The van der Waals surface area contributed by atoms with Crippen LogP contribution in [-0.4, -0.2) is 33.4 Å². The summed E-state index contributed by atoms with van der Waals surface area (Å²) < 4.78 is 11.0. The normalized spacial score (nSPS) is 10.5. The second-order valence-electron chi connectivity index (χ2n) is 5.01. The van der Waals surface area contributed by atoms with Crippen molar-refractivity contribution in [1.29, 1.82) is 0 Å². The van der Waals surface area contributed by atoms with E-state index < -0.39 is 0 Å².